The third kappa shape index (κ3) is 5.44. The summed E-state index contributed by atoms with van der Waals surface area (Å²) < 4.78 is 32.2. The monoisotopic (exact) mass is 471 g/mol. The number of nitrogens with one attached hydrogen (secondary N) is 1. The van der Waals surface area contributed by atoms with Gasteiger partial charge >= 0.3 is 0 Å². The molecule has 1 heterocycles. The van der Waals surface area contributed by atoms with Gasteiger partial charge in [0.1, 0.15) is 10.6 Å². The highest BCUT2D eigenvalue weighted by molar-refractivity contribution is 7.89. The van der Waals surface area contributed by atoms with Crippen molar-refractivity contribution in [3.05, 3.63) is 58.1 Å². The fraction of sp³-hybridized carbons (Fsp3) is 0.350. The molecule has 1 amide bonds. The van der Waals surface area contributed by atoms with Gasteiger partial charge < -0.3 is 10.1 Å². The van der Waals surface area contributed by atoms with Gasteiger partial charge in [0.2, 0.25) is 15.9 Å². The van der Waals surface area contributed by atoms with E-state index in [1.807, 2.05) is 29.2 Å². The van der Waals surface area contributed by atoms with Crippen molar-refractivity contribution in [2.75, 3.05) is 39.8 Å². The molecule has 10 heteroatoms. The lowest BCUT2D eigenvalue weighted by Crippen LogP contribution is -2.51. The van der Waals surface area contributed by atoms with Gasteiger partial charge in [-0.25, -0.2) is 8.42 Å². The summed E-state index contributed by atoms with van der Waals surface area (Å²) in [4.78, 5) is 14.2. The Hall–Kier alpha value is -1.84. The number of carbonyl (C=O) groups excluding carboxylic acids is 1. The predicted molar refractivity (Wildman–Crippen MR) is 117 cm³/mol. The Balaban J connectivity index is 1.50. The quantitative estimate of drug-likeness (QED) is 0.671. The Labute approximate surface area is 186 Å². The average molecular weight is 472 g/mol. The zero-order chi connectivity index (χ0) is 21.7. The van der Waals surface area contributed by atoms with Crippen molar-refractivity contribution >= 4 is 39.1 Å². The highest BCUT2D eigenvalue weighted by Crippen LogP contribution is 2.31. The Morgan fingerprint density at radius 1 is 1.07 bits per heavy atom. The molecule has 30 heavy (non-hydrogen) atoms. The van der Waals surface area contributed by atoms with Crippen LogP contribution in [0.25, 0.3) is 0 Å². The fourth-order valence-electron chi connectivity index (χ4n) is 3.15. The van der Waals surface area contributed by atoms with Crippen LogP contribution in [0.2, 0.25) is 10.0 Å². The van der Waals surface area contributed by atoms with Crippen LogP contribution in [0.4, 0.5) is 0 Å². The number of rotatable bonds is 7. The topological polar surface area (TPSA) is 79.0 Å². The Bertz CT molecular complexity index is 992. The van der Waals surface area contributed by atoms with Gasteiger partial charge in [0.05, 0.1) is 23.7 Å². The summed E-state index contributed by atoms with van der Waals surface area (Å²) in [6.45, 7) is 2.08. The molecular weight excluding hydrogens is 449 g/mol. The molecule has 2 aromatic carbocycles. The second kappa shape index (κ2) is 9.98. The van der Waals surface area contributed by atoms with E-state index >= 15 is 0 Å². The number of hydrogen-bond donors (Lipinski definition) is 1. The molecule has 162 valence electrons. The molecule has 1 saturated heterocycles. The first-order valence-corrected chi connectivity index (χ1v) is 11.6. The SMILES string of the molecule is COc1ccc(CNC(=O)CN2CCN(S(=O)(=O)c3cccc(Cl)c3Cl)CC2)cc1. The summed E-state index contributed by atoms with van der Waals surface area (Å²) in [5, 5.41) is 3.11. The van der Waals surface area contributed by atoms with Crippen LogP contribution in [0.5, 0.6) is 5.75 Å². The van der Waals surface area contributed by atoms with Crippen LogP contribution < -0.4 is 10.1 Å². The van der Waals surface area contributed by atoms with Gasteiger partial charge in [-0.1, -0.05) is 41.4 Å². The van der Waals surface area contributed by atoms with E-state index < -0.39 is 10.0 Å². The molecule has 0 spiro atoms. The molecule has 0 bridgehead atoms. The van der Waals surface area contributed by atoms with Gasteiger partial charge in [-0.2, -0.15) is 4.31 Å². The van der Waals surface area contributed by atoms with Gasteiger partial charge in [-0.3, -0.25) is 9.69 Å². The van der Waals surface area contributed by atoms with Gasteiger partial charge in [0.25, 0.3) is 0 Å². The molecular formula is C20H23Cl2N3O4S. The Kier molecular flexibility index (Phi) is 7.60. The van der Waals surface area contributed by atoms with Gasteiger partial charge in [-0.15, -0.1) is 0 Å². The van der Waals surface area contributed by atoms with E-state index in [9.17, 15) is 13.2 Å². The summed E-state index contributed by atoms with van der Waals surface area (Å²) in [6, 6.07) is 12.0. The number of carbonyl (C=O) groups is 1. The second-order valence-corrected chi connectivity index (χ2v) is 9.55. The van der Waals surface area contributed by atoms with Crippen molar-refractivity contribution in [2.24, 2.45) is 0 Å². The molecule has 3 rings (SSSR count). The van der Waals surface area contributed by atoms with Gasteiger partial charge in [0, 0.05) is 32.7 Å². The van der Waals surface area contributed by atoms with Crippen molar-refractivity contribution in [1.82, 2.24) is 14.5 Å². The van der Waals surface area contributed by atoms with E-state index in [0.717, 1.165) is 11.3 Å². The first-order valence-electron chi connectivity index (χ1n) is 9.37. The number of benzene rings is 2. The minimum Gasteiger partial charge on any atom is -0.497 e. The van der Waals surface area contributed by atoms with Crippen LogP contribution in [0.1, 0.15) is 5.56 Å². The lowest BCUT2D eigenvalue weighted by Gasteiger charge is -2.33. The highest BCUT2D eigenvalue weighted by atomic mass is 35.5. The zero-order valence-corrected chi connectivity index (χ0v) is 18.8. The maximum Gasteiger partial charge on any atom is 0.244 e. The molecule has 1 N–H and O–H groups in total. The summed E-state index contributed by atoms with van der Waals surface area (Å²) in [7, 11) is -2.14. The maximum absolute atomic E-state index is 12.9. The third-order valence-corrected chi connectivity index (χ3v) is 7.75. The molecule has 7 nitrogen and oxygen atoms in total. The van der Waals surface area contributed by atoms with Crippen LogP contribution >= 0.6 is 23.2 Å². The number of piperazine rings is 1. The first kappa shape index (κ1) is 22.8. The van der Waals surface area contributed by atoms with Crippen molar-refractivity contribution < 1.29 is 17.9 Å². The largest absolute Gasteiger partial charge is 0.497 e. The summed E-state index contributed by atoms with van der Waals surface area (Å²) in [6.07, 6.45) is 0. The van der Waals surface area contributed by atoms with Gasteiger partial charge in [-0.05, 0) is 29.8 Å². The van der Waals surface area contributed by atoms with Crippen LogP contribution in [0.15, 0.2) is 47.4 Å². The number of halogens is 2. The van der Waals surface area contributed by atoms with E-state index in [2.05, 4.69) is 5.32 Å². The molecule has 2 aromatic rings. The van der Waals surface area contributed by atoms with Crippen LogP contribution in [-0.2, 0) is 21.4 Å². The minimum absolute atomic E-state index is 0.00218. The zero-order valence-electron chi connectivity index (χ0n) is 16.5. The third-order valence-electron chi connectivity index (χ3n) is 4.88. The summed E-state index contributed by atoms with van der Waals surface area (Å²) in [5.41, 5.74) is 0.971. The van der Waals surface area contributed by atoms with Gasteiger partial charge in [0.15, 0.2) is 0 Å². The maximum atomic E-state index is 12.9. The summed E-state index contributed by atoms with van der Waals surface area (Å²) >= 11 is 12.0. The van der Waals surface area contributed by atoms with Crippen LogP contribution in [0.3, 0.4) is 0 Å². The molecule has 0 saturated carbocycles. The van der Waals surface area contributed by atoms with Crippen molar-refractivity contribution in [3.8, 4) is 5.75 Å². The summed E-state index contributed by atoms with van der Waals surface area (Å²) in [5.74, 6) is 0.650. The second-order valence-electron chi connectivity index (χ2n) is 6.86. The highest BCUT2D eigenvalue weighted by Gasteiger charge is 2.31. The molecule has 1 aliphatic rings. The van der Waals surface area contributed by atoms with Crippen molar-refractivity contribution in [2.45, 2.75) is 11.4 Å². The first-order chi connectivity index (χ1) is 14.3. The number of amides is 1. The molecule has 0 aliphatic carbocycles. The molecule has 1 fully saturated rings. The minimum atomic E-state index is -3.74. The normalized spacial score (nSPS) is 15.7. The molecule has 0 aromatic heterocycles. The number of hydrogen-bond acceptors (Lipinski definition) is 5. The molecule has 0 radical (unpaired) electrons. The predicted octanol–water partition coefficient (Wildman–Crippen LogP) is 2.62. The number of methoxy groups -OCH3 is 1. The van der Waals surface area contributed by atoms with Crippen molar-refractivity contribution in [3.63, 3.8) is 0 Å². The lowest BCUT2D eigenvalue weighted by molar-refractivity contribution is -0.122. The molecule has 1 aliphatic heterocycles. The Morgan fingerprint density at radius 2 is 1.73 bits per heavy atom. The smallest absolute Gasteiger partial charge is 0.244 e. The van der Waals surface area contributed by atoms with E-state index in [-0.39, 0.29) is 40.5 Å². The van der Waals surface area contributed by atoms with Crippen molar-refractivity contribution in [1.29, 1.82) is 0 Å². The fourth-order valence-corrected chi connectivity index (χ4v) is 5.31. The number of ether oxygens (including phenoxy) is 1. The molecule has 0 unspecified atom stereocenters. The van der Waals surface area contributed by atoms with E-state index in [1.54, 1.807) is 19.2 Å². The van der Waals surface area contributed by atoms with Crippen LogP contribution in [0, 0.1) is 0 Å². The number of sulfonamides is 1. The standard InChI is InChI=1S/C20H23Cl2N3O4S/c1-29-16-7-5-15(6-8-16)13-23-19(26)14-24-9-11-25(12-10-24)30(27,28)18-4-2-3-17(21)20(18)22/h2-8H,9-14H2,1H3,(H,23,26). The van der Waals surface area contributed by atoms with E-state index in [1.165, 1.54) is 10.4 Å². The number of nitrogens with zero attached hydrogens (tertiary/aromatic N) is 2. The van der Waals surface area contributed by atoms with Crippen LogP contribution in [-0.4, -0.2) is 63.4 Å². The lowest BCUT2D eigenvalue weighted by atomic mass is 10.2. The molecule has 0 atom stereocenters. The average Bonchev–Trinajstić information content (AvgIpc) is 2.75. The van der Waals surface area contributed by atoms with E-state index in [4.69, 9.17) is 27.9 Å². The Morgan fingerprint density at radius 3 is 2.37 bits per heavy atom. The van der Waals surface area contributed by atoms with E-state index in [0.29, 0.717) is 19.6 Å².